The first-order chi connectivity index (χ1) is 18.0. The first-order valence-corrected chi connectivity index (χ1v) is 12.2. The number of benzene rings is 2. The van der Waals surface area contributed by atoms with Crippen LogP contribution in [0.5, 0.6) is 0 Å². The molecule has 9 nitrogen and oxygen atoms in total. The van der Waals surface area contributed by atoms with E-state index in [1.807, 2.05) is 24.3 Å². The van der Waals surface area contributed by atoms with Gasteiger partial charge in [-0.25, -0.2) is 5.48 Å². The second-order valence-corrected chi connectivity index (χ2v) is 8.56. The minimum Gasteiger partial charge on any atom is -0.391 e. The lowest BCUT2D eigenvalue weighted by Gasteiger charge is -2.26. The predicted molar refractivity (Wildman–Crippen MR) is 140 cm³/mol. The Hall–Kier alpha value is -3.86. The van der Waals surface area contributed by atoms with Crippen molar-refractivity contribution >= 4 is 17.5 Å². The lowest BCUT2D eigenvalue weighted by molar-refractivity contribution is -0.133. The van der Waals surface area contributed by atoms with E-state index in [4.69, 9.17) is 9.94 Å². The van der Waals surface area contributed by atoms with Crippen LogP contribution in [0.1, 0.15) is 34.8 Å². The number of nitrogens with zero attached hydrogens (tertiary/aromatic N) is 1. The summed E-state index contributed by atoms with van der Waals surface area (Å²) in [6.45, 7) is 6.99. The van der Waals surface area contributed by atoms with Gasteiger partial charge in [-0.05, 0) is 80.3 Å². The summed E-state index contributed by atoms with van der Waals surface area (Å²) in [5, 5.41) is 24.2. The van der Waals surface area contributed by atoms with E-state index in [1.54, 1.807) is 24.3 Å². The zero-order valence-corrected chi connectivity index (χ0v) is 20.8. The number of carbonyl (C=O) groups excluding carboxylic acids is 2. The summed E-state index contributed by atoms with van der Waals surface area (Å²) in [7, 11) is 0. The van der Waals surface area contributed by atoms with Crippen LogP contribution in [0.2, 0.25) is 0 Å². The first kappa shape index (κ1) is 27.7. The highest BCUT2D eigenvalue weighted by molar-refractivity contribution is 5.97. The van der Waals surface area contributed by atoms with Crippen LogP contribution in [-0.2, 0) is 9.53 Å². The highest BCUT2D eigenvalue weighted by Crippen LogP contribution is 2.09. The fraction of sp³-hybridized carbons (Fsp3) is 0.357. The summed E-state index contributed by atoms with van der Waals surface area (Å²) in [4.78, 5) is 26.3. The predicted octanol–water partition coefficient (Wildman–Crippen LogP) is 1.21. The number of rotatable bonds is 9. The summed E-state index contributed by atoms with van der Waals surface area (Å²) in [5.41, 5.74) is 4.29. The van der Waals surface area contributed by atoms with Crippen LogP contribution in [-0.4, -0.2) is 78.6 Å². The highest BCUT2D eigenvalue weighted by atomic mass is 16.5. The van der Waals surface area contributed by atoms with Crippen molar-refractivity contribution in [3.63, 3.8) is 0 Å². The molecule has 0 bridgehead atoms. The number of ether oxygens (including phenoxy) is 1. The molecule has 3 rings (SSSR count). The van der Waals surface area contributed by atoms with E-state index >= 15 is 0 Å². The van der Waals surface area contributed by atoms with Gasteiger partial charge in [0, 0.05) is 42.0 Å². The molecule has 194 valence electrons. The van der Waals surface area contributed by atoms with Gasteiger partial charge in [-0.2, -0.15) is 0 Å². The van der Waals surface area contributed by atoms with E-state index in [-0.39, 0.29) is 5.56 Å². The minimum atomic E-state index is -1.28. The van der Waals surface area contributed by atoms with Gasteiger partial charge in [-0.3, -0.25) is 19.7 Å². The molecule has 1 fully saturated rings. The van der Waals surface area contributed by atoms with Crippen molar-refractivity contribution in [3.05, 3.63) is 65.2 Å². The van der Waals surface area contributed by atoms with E-state index in [0.29, 0.717) is 5.56 Å². The molecule has 2 atom stereocenters. The summed E-state index contributed by atoms with van der Waals surface area (Å²) in [6, 6.07) is 13.0. The Labute approximate surface area is 217 Å². The van der Waals surface area contributed by atoms with Crippen LogP contribution in [0.15, 0.2) is 48.5 Å². The molecule has 2 aromatic carbocycles. The molecule has 0 aliphatic carbocycles. The van der Waals surface area contributed by atoms with Gasteiger partial charge in [0.15, 0.2) is 0 Å². The number of hydrogen-bond acceptors (Lipinski definition) is 7. The number of amides is 2. The SMILES string of the molecule is CC(O)C(NC(=O)c1ccc(C#CC#Cc2ccc(NCCCN3CCOCC3)cc2)cc1)C(=O)NO. The lowest BCUT2D eigenvalue weighted by Crippen LogP contribution is -2.51. The van der Waals surface area contributed by atoms with Gasteiger partial charge >= 0.3 is 0 Å². The Morgan fingerprint density at radius 1 is 1.00 bits per heavy atom. The summed E-state index contributed by atoms with van der Waals surface area (Å²) < 4.78 is 5.37. The fourth-order valence-electron chi connectivity index (χ4n) is 3.64. The number of nitrogens with one attached hydrogen (secondary N) is 3. The first-order valence-electron chi connectivity index (χ1n) is 12.2. The second-order valence-electron chi connectivity index (χ2n) is 8.56. The van der Waals surface area contributed by atoms with Gasteiger partial charge in [-0.15, -0.1) is 0 Å². The molecular weight excluding hydrogens is 472 g/mol. The van der Waals surface area contributed by atoms with Crippen molar-refractivity contribution in [2.24, 2.45) is 0 Å². The molecular formula is C28H32N4O5. The number of anilines is 1. The van der Waals surface area contributed by atoms with Gasteiger partial charge in [0.05, 0.1) is 19.3 Å². The van der Waals surface area contributed by atoms with E-state index in [2.05, 4.69) is 39.2 Å². The van der Waals surface area contributed by atoms with Gasteiger partial charge < -0.3 is 20.5 Å². The van der Waals surface area contributed by atoms with Crippen LogP contribution in [0.3, 0.4) is 0 Å². The maximum absolute atomic E-state index is 12.3. The topological polar surface area (TPSA) is 123 Å². The normalized spacial score (nSPS) is 14.7. The molecule has 0 radical (unpaired) electrons. The molecule has 2 unspecified atom stereocenters. The Kier molecular flexibility index (Phi) is 11.0. The molecule has 9 heteroatoms. The molecule has 0 aromatic heterocycles. The molecule has 1 aliphatic rings. The molecule has 1 saturated heterocycles. The monoisotopic (exact) mass is 504 g/mol. The largest absolute Gasteiger partial charge is 0.391 e. The Bertz CT molecular complexity index is 1150. The molecule has 5 N–H and O–H groups in total. The van der Waals surface area contributed by atoms with Crippen molar-refractivity contribution < 1.29 is 24.6 Å². The quantitative estimate of drug-likeness (QED) is 0.151. The summed E-state index contributed by atoms with van der Waals surface area (Å²) in [6.07, 6.45) is -0.107. The van der Waals surface area contributed by atoms with Crippen LogP contribution in [0, 0.1) is 23.7 Å². The van der Waals surface area contributed by atoms with Crippen molar-refractivity contribution in [2.45, 2.75) is 25.5 Å². The van der Waals surface area contributed by atoms with Gasteiger partial charge in [0.1, 0.15) is 6.04 Å². The number of carbonyl (C=O) groups is 2. The lowest BCUT2D eigenvalue weighted by atomic mass is 10.1. The number of hydrogen-bond donors (Lipinski definition) is 5. The van der Waals surface area contributed by atoms with Crippen molar-refractivity contribution in [1.82, 2.24) is 15.7 Å². The number of hydroxylamine groups is 1. The third-order valence-electron chi connectivity index (χ3n) is 5.75. The van der Waals surface area contributed by atoms with Crippen LogP contribution < -0.4 is 16.1 Å². The average Bonchev–Trinajstić information content (AvgIpc) is 2.93. The number of morpholine rings is 1. The van der Waals surface area contributed by atoms with Gasteiger partial charge in [0.2, 0.25) is 0 Å². The Morgan fingerprint density at radius 3 is 2.16 bits per heavy atom. The average molecular weight is 505 g/mol. The number of aliphatic hydroxyl groups excluding tert-OH is 1. The van der Waals surface area contributed by atoms with E-state index in [9.17, 15) is 14.7 Å². The maximum Gasteiger partial charge on any atom is 0.268 e. The Morgan fingerprint density at radius 2 is 1.59 bits per heavy atom. The molecule has 2 amide bonds. The van der Waals surface area contributed by atoms with Crippen LogP contribution in [0.25, 0.3) is 0 Å². The highest BCUT2D eigenvalue weighted by Gasteiger charge is 2.25. The molecule has 0 spiro atoms. The fourth-order valence-corrected chi connectivity index (χ4v) is 3.64. The summed E-state index contributed by atoms with van der Waals surface area (Å²) >= 11 is 0. The van der Waals surface area contributed by atoms with Crippen LogP contribution >= 0.6 is 0 Å². The van der Waals surface area contributed by atoms with Gasteiger partial charge in [-0.1, -0.05) is 11.8 Å². The van der Waals surface area contributed by atoms with E-state index < -0.39 is 24.0 Å². The van der Waals surface area contributed by atoms with E-state index in [1.165, 1.54) is 12.4 Å². The minimum absolute atomic E-state index is 0.280. The maximum atomic E-state index is 12.3. The zero-order valence-electron chi connectivity index (χ0n) is 20.8. The van der Waals surface area contributed by atoms with Crippen molar-refractivity contribution in [1.29, 1.82) is 0 Å². The number of aliphatic hydroxyl groups is 1. The van der Waals surface area contributed by atoms with Crippen molar-refractivity contribution in [2.75, 3.05) is 44.7 Å². The smallest absolute Gasteiger partial charge is 0.268 e. The summed E-state index contributed by atoms with van der Waals surface area (Å²) in [5.74, 6) is 10.1. The molecule has 1 aliphatic heterocycles. The zero-order chi connectivity index (χ0) is 26.5. The molecule has 37 heavy (non-hydrogen) atoms. The standard InChI is InChI=1S/C28H32N4O5/c1-21(33)26(28(35)31-36)30-27(34)24-11-7-22(8-12-24)5-2-3-6-23-9-13-25(14-10-23)29-15-4-16-32-17-19-37-20-18-32/h7-14,21,26,29,33,36H,4,15-20H2,1H3,(H,30,34)(H,31,35). The van der Waals surface area contributed by atoms with Crippen LogP contribution in [0.4, 0.5) is 5.69 Å². The van der Waals surface area contributed by atoms with E-state index in [0.717, 1.165) is 57.1 Å². The third-order valence-corrected chi connectivity index (χ3v) is 5.75. The van der Waals surface area contributed by atoms with Gasteiger partial charge in [0.25, 0.3) is 11.8 Å². The molecule has 2 aromatic rings. The van der Waals surface area contributed by atoms with Crippen molar-refractivity contribution in [3.8, 4) is 23.7 Å². The molecule has 1 heterocycles. The Balaban J connectivity index is 1.45. The second kappa shape index (κ2) is 14.6. The third kappa shape index (κ3) is 9.26. The molecule has 0 saturated carbocycles.